The van der Waals surface area contributed by atoms with Crippen LogP contribution in [0.1, 0.15) is 38.5 Å². The van der Waals surface area contributed by atoms with Crippen molar-refractivity contribution >= 4 is 22.5 Å². The van der Waals surface area contributed by atoms with E-state index in [2.05, 4.69) is 0 Å². The van der Waals surface area contributed by atoms with E-state index in [0.717, 1.165) is 11.1 Å². The number of Topliss-reactive ketones (excluding diaryl/α,β-unsaturated/α-hetero) is 1. The number of fused-ring (bicyclic) bond motifs is 5. The number of ether oxygens (including phenoxy) is 1. The number of aryl methyl sites for hydroxylation is 1. The lowest BCUT2D eigenvalue weighted by molar-refractivity contribution is 0.103. The molecular formula is C26H16O5. The molecule has 6 rings (SSSR count). The average molecular weight is 408 g/mol. The molecule has 0 fully saturated rings. The zero-order valence-corrected chi connectivity index (χ0v) is 16.5. The summed E-state index contributed by atoms with van der Waals surface area (Å²) in [4.78, 5) is 25.7. The molecule has 1 unspecified atom stereocenters. The first-order valence-electron chi connectivity index (χ1n) is 9.96. The van der Waals surface area contributed by atoms with Crippen LogP contribution in [0.5, 0.6) is 11.5 Å². The fourth-order valence-electron chi connectivity index (χ4n) is 4.74. The van der Waals surface area contributed by atoms with Crippen LogP contribution in [-0.4, -0.2) is 10.9 Å². The topological polar surface area (TPSA) is 76.7 Å². The smallest absolute Gasteiger partial charge is 0.336 e. The monoisotopic (exact) mass is 408 g/mol. The van der Waals surface area contributed by atoms with Gasteiger partial charge in [-0.05, 0) is 18.1 Å². The van der Waals surface area contributed by atoms with E-state index in [1.807, 2.05) is 48.5 Å². The highest BCUT2D eigenvalue weighted by Crippen LogP contribution is 2.53. The van der Waals surface area contributed by atoms with E-state index in [4.69, 9.17) is 9.15 Å². The van der Waals surface area contributed by atoms with Gasteiger partial charge in [0.05, 0.1) is 16.5 Å². The van der Waals surface area contributed by atoms with Gasteiger partial charge in [-0.15, -0.1) is 0 Å². The maximum atomic E-state index is 13.5. The number of aromatic hydroxyl groups is 1. The normalized spacial score (nSPS) is 16.7. The van der Waals surface area contributed by atoms with Crippen molar-refractivity contribution in [2.24, 2.45) is 0 Å². The summed E-state index contributed by atoms with van der Waals surface area (Å²) >= 11 is 0. The van der Waals surface area contributed by atoms with E-state index in [1.54, 1.807) is 13.0 Å². The van der Waals surface area contributed by atoms with Gasteiger partial charge in [0.25, 0.3) is 0 Å². The summed E-state index contributed by atoms with van der Waals surface area (Å²) < 4.78 is 11.8. The molecule has 1 aromatic heterocycles. The fraction of sp³-hybridized carbons (Fsp3) is 0.0769. The van der Waals surface area contributed by atoms with E-state index < -0.39 is 11.5 Å². The van der Waals surface area contributed by atoms with E-state index in [9.17, 15) is 14.7 Å². The highest BCUT2D eigenvalue weighted by Gasteiger charge is 2.43. The van der Waals surface area contributed by atoms with Gasteiger partial charge in [-0.1, -0.05) is 54.6 Å². The third-order valence-electron chi connectivity index (χ3n) is 6.02. The van der Waals surface area contributed by atoms with E-state index in [0.29, 0.717) is 39.2 Å². The Balaban J connectivity index is 1.75. The van der Waals surface area contributed by atoms with Gasteiger partial charge < -0.3 is 14.3 Å². The molecule has 5 nitrogen and oxygen atoms in total. The summed E-state index contributed by atoms with van der Waals surface area (Å²) in [6.45, 7) is 1.74. The summed E-state index contributed by atoms with van der Waals surface area (Å²) in [7, 11) is 0. The van der Waals surface area contributed by atoms with Gasteiger partial charge in [-0.2, -0.15) is 0 Å². The predicted octanol–water partition coefficient (Wildman–Crippen LogP) is 4.94. The molecular weight excluding hydrogens is 392 g/mol. The van der Waals surface area contributed by atoms with Crippen LogP contribution in [0.3, 0.4) is 0 Å². The number of rotatable bonds is 1. The molecule has 1 atom stereocenters. The number of phenols is 1. The molecule has 0 saturated heterocycles. The number of allylic oxidation sites excluding steroid dienone is 1. The third kappa shape index (κ3) is 2.37. The van der Waals surface area contributed by atoms with Gasteiger partial charge in [0, 0.05) is 29.2 Å². The van der Waals surface area contributed by atoms with Gasteiger partial charge in [0.2, 0.25) is 0 Å². The first-order chi connectivity index (χ1) is 15.0. The van der Waals surface area contributed by atoms with Crippen LogP contribution in [0.15, 0.2) is 81.5 Å². The predicted molar refractivity (Wildman–Crippen MR) is 115 cm³/mol. The van der Waals surface area contributed by atoms with Crippen LogP contribution in [0.2, 0.25) is 0 Å². The Hall–Kier alpha value is -4.12. The minimum absolute atomic E-state index is 0.0385. The lowest BCUT2D eigenvalue weighted by Crippen LogP contribution is -2.18. The molecule has 0 spiro atoms. The molecule has 0 bridgehead atoms. The molecule has 1 aliphatic carbocycles. The second-order valence-corrected chi connectivity index (χ2v) is 7.82. The minimum atomic E-state index is -0.523. The zero-order valence-electron chi connectivity index (χ0n) is 16.5. The summed E-state index contributed by atoms with van der Waals surface area (Å²) in [5.41, 5.74) is 3.56. The van der Waals surface area contributed by atoms with Crippen LogP contribution in [0.25, 0.3) is 16.7 Å². The Morgan fingerprint density at radius 3 is 2.39 bits per heavy atom. The molecule has 0 saturated carbocycles. The maximum absolute atomic E-state index is 13.5. The second kappa shape index (κ2) is 6.19. The maximum Gasteiger partial charge on any atom is 0.336 e. The molecule has 2 heterocycles. The summed E-state index contributed by atoms with van der Waals surface area (Å²) in [5.74, 6) is 0.198. The quantitative estimate of drug-likeness (QED) is 0.452. The average Bonchev–Trinajstić information content (AvgIpc) is 3.04. The Kier molecular flexibility index (Phi) is 3.54. The number of ketones is 1. The van der Waals surface area contributed by atoms with Crippen LogP contribution in [0.4, 0.5) is 0 Å². The highest BCUT2D eigenvalue weighted by atomic mass is 16.5. The van der Waals surface area contributed by atoms with Gasteiger partial charge in [-0.25, -0.2) is 4.79 Å². The lowest BCUT2D eigenvalue weighted by atomic mass is 9.80. The molecule has 1 aliphatic heterocycles. The largest absolute Gasteiger partial charge is 0.507 e. The number of benzene rings is 3. The Morgan fingerprint density at radius 1 is 0.903 bits per heavy atom. The number of carbonyl (C=O) groups excluding carboxylic acids is 1. The van der Waals surface area contributed by atoms with E-state index in [-0.39, 0.29) is 17.1 Å². The molecule has 4 aromatic rings. The van der Waals surface area contributed by atoms with Crippen LogP contribution >= 0.6 is 0 Å². The number of hydrogen-bond donors (Lipinski definition) is 1. The first kappa shape index (κ1) is 17.7. The molecule has 31 heavy (non-hydrogen) atoms. The van der Waals surface area contributed by atoms with Crippen molar-refractivity contribution in [3.05, 3.63) is 111 Å². The van der Waals surface area contributed by atoms with Gasteiger partial charge in [0.15, 0.2) is 5.78 Å². The molecule has 2 aliphatic rings. The van der Waals surface area contributed by atoms with E-state index >= 15 is 0 Å². The van der Waals surface area contributed by atoms with Crippen molar-refractivity contribution in [3.8, 4) is 11.5 Å². The van der Waals surface area contributed by atoms with Crippen molar-refractivity contribution in [3.63, 3.8) is 0 Å². The van der Waals surface area contributed by atoms with Crippen LogP contribution in [0, 0.1) is 6.92 Å². The van der Waals surface area contributed by atoms with Crippen molar-refractivity contribution in [2.75, 3.05) is 0 Å². The summed E-state index contributed by atoms with van der Waals surface area (Å²) in [6.07, 6.45) is 0. The Bertz CT molecular complexity index is 1510. The third-order valence-corrected chi connectivity index (χ3v) is 6.02. The fourth-order valence-corrected chi connectivity index (χ4v) is 4.74. The summed E-state index contributed by atoms with van der Waals surface area (Å²) in [6, 6.07) is 19.8. The molecule has 3 aromatic carbocycles. The molecule has 0 radical (unpaired) electrons. The van der Waals surface area contributed by atoms with Crippen molar-refractivity contribution in [1.82, 2.24) is 0 Å². The Labute approximate surface area is 176 Å². The van der Waals surface area contributed by atoms with Crippen molar-refractivity contribution in [1.29, 1.82) is 0 Å². The molecule has 150 valence electrons. The van der Waals surface area contributed by atoms with Gasteiger partial charge in [0.1, 0.15) is 22.8 Å². The minimum Gasteiger partial charge on any atom is -0.507 e. The number of phenolic OH excluding ortho intramolecular Hbond substituents is 1. The van der Waals surface area contributed by atoms with Crippen LogP contribution < -0.4 is 10.4 Å². The van der Waals surface area contributed by atoms with Gasteiger partial charge in [-0.3, -0.25) is 4.79 Å². The Morgan fingerprint density at radius 2 is 1.61 bits per heavy atom. The van der Waals surface area contributed by atoms with Gasteiger partial charge >= 0.3 is 5.63 Å². The standard InChI is InChI=1S/C26H16O5/c1-13-11-19(28)31-26-20(13)17(27)12-18-22(26)21(14-7-3-2-4-8-14)23-24(29)15-9-5-6-10-16(15)25(23)30-18/h2-12,21,27H,1H3. The van der Waals surface area contributed by atoms with Crippen molar-refractivity contribution < 1.29 is 19.1 Å². The molecule has 5 heteroatoms. The number of carbonyl (C=O) groups is 1. The van der Waals surface area contributed by atoms with Crippen molar-refractivity contribution in [2.45, 2.75) is 12.8 Å². The molecule has 0 amide bonds. The first-order valence-corrected chi connectivity index (χ1v) is 9.96. The highest BCUT2D eigenvalue weighted by molar-refractivity contribution is 6.22. The van der Waals surface area contributed by atoms with E-state index in [1.165, 1.54) is 12.1 Å². The zero-order chi connectivity index (χ0) is 21.3. The second-order valence-electron chi connectivity index (χ2n) is 7.82. The van der Waals surface area contributed by atoms with Crippen LogP contribution in [-0.2, 0) is 0 Å². The summed E-state index contributed by atoms with van der Waals surface area (Å²) in [5, 5.41) is 11.2. The lowest BCUT2D eigenvalue weighted by Gasteiger charge is -2.28. The number of hydrogen-bond acceptors (Lipinski definition) is 5. The molecule has 1 N–H and O–H groups in total. The SMILES string of the molecule is Cc1cc(=O)oc2c3c(cc(O)c12)OC1=C(C(=O)c2ccccc21)C3c1ccccc1.